The van der Waals surface area contributed by atoms with E-state index >= 15 is 0 Å². The first kappa shape index (κ1) is 13.3. The van der Waals surface area contributed by atoms with Crippen LogP contribution in [0.5, 0.6) is 0 Å². The van der Waals surface area contributed by atoms with Crippen LogP contribution in [-0.2, 0) is 4.79 Å². The van der Waals surface area contributed by atoms with Crippen LogP contribution < -0.4 is 5.32 Å². The van der Waals surface area contributed by atoms with Gasteiger partial charge in [0.05, 0.1) is 6.26 Å². The van der Waals surface area contributed by atoms with Gasteiger partial charge in [0.15, 0.2) is 10.8 Å². The van der Waals surface area contributed by atoms with Crippen LogP contribution >= 0.6 is 11.3 Å². The number of aliphatic carboxylic acids is 1. The van der Waals surface area contributed by atoms with E-state index in [-0.39, 0.29) is 5.69 Å². The van der Waals surface area contributed by atoms with E-state index in [4.69, 9.17) is 9.52 Å². The second-order valence-electron chi connectivity index (χ2n) is 3.79. The molecule has 2 heterocycles. The number of thiazole rings is 1. The molecule has 6 nitrogen and oxygen atoms in total. The fraction of sp³-hybridized carbons (Fsp3) is 0.250. The zero-order chi connectivity index (χ0) is 13.8. The van der Waals surface area contributed by atoms with Crippen LogP contribution in [0, 0.1) is 0 Å². The van der Waals surface area contributed by atoms with E-state index in [0.29, 0.717) is 17.2 Å². The monoisotopic (exact) mass is 280 g/mol. The van der Waals surface area contributed by atoms with Gasteiger partial charge in [-0.05, 0) is 18.6 Å². The van der Waals surface area contributed by atoms with Gasteiger partial charge in [-0.1, -0.05) is 6.92 Å². The second-order valence-corrected chi connectivity index (χ2v) is 4.65. The molecule has 1 amide bonds. The van der Waals surface area contributed by atoms with Crippen LogP contribution in [0.3, 0.4) is 0 Å². The first-order valence-electron chi connectivity index (χ1n) is 5.65. The van der Waals surface area contributed by atoms with E-state index in [0.717, 1.165) is 0 Å². The Bertz CT molecular complexity index is 576. The second kappa shape index (κ2) is 5.66. The van der Waals surface area contributed by atoms with Crippen molar-refractivity contribution >= 4 is 23.2 Å². The average molecular weight is 280 g/mol. The van der Waals surface area contributed by atoms with Crippen LogP contribution in [0.15, 0.2) is 28.2 Å². The molecule has 0 unspecified atom stereocenters. The lowest BCUT2D eigenvalue weighted by molar-refractivity contribution is -0.139. The number of nitrogens with one attached hydrogen (secondary N) is 1. The number of hydrogen-bond acceptors (Lipinski definition) is 5. The highest BCUT2D eigenvalue weighted by Gasteiger charge is 2.20. The lowest BCUT2D eigenvalue weighted by Gasteiger charge is -2.10. The maximum atomic E-state index is 11.8. The SMILES string of the molecule is CC[C@@H](NC(=O)c1csc(-c2ccco2)n1)C(=O)O. The van der Waals surface area contributed by atoms with Crippen molar-refractivity contribution in [2.75, 3.05) is 0 Å². The minimum atomic E-state index is -1.06. The number of carbonyl (C=O) groups is 2. The number of carboxylic acids is 1. The molecule has 0 fully saturated rings. The van der Waals surface area contributed by atoms with E-state index in [2.05, 4.69) is 10.3 Å². The summed E-state index contributed by atoms with van der Waals surface area (Å²) in [6.45, 7) is 1.69. The molecule has 19 heavy (non-hydrogen) atoms. The van der Waals surface area contributed by atoms with Crippen molar-refractivity contribution in [1.82, 2.24) is 10.3 Å². The Morgan fingerprint density at radius 1 is 1.58 bits per heavy atom. The van der Waals surface area contributed by atoms with Gasteiger partial charge in [-0.2, -0.15) is 0 Å². The van der Waals surface area contributed by atoms with Gasteiger partial charge in [0.1, 0.15) is 11.7 Å². The number of nitrogens with zero attached hydrogens (tertiary/aromatic N) is 1. The van der Waals surface area contributed by atoms with Crippen molar-refractivity contribution in [2.24, 2.45) is 0 Å². The predicted octanol–water partition coefficient (Wildman–Crippen LogP) is 2.00. The molecule has 0 radical (unpaired) electrons. The summed E-state index contributed by atoms with van der Waals surface area (Å²) < 4.78 is 5.18. The summed E-state index contributed by atoms with van der Waals surface area (Å²) in [5.74, 6) is -0.977. The van der Waals surface area contributed by atoms with Gasteiger partial charge in [0.2, 0.25) is 0 Å². The number of amides is 1. The molecule has 0 aliphatic rings. The summed E-state index contributed by atoms with van der Waals surface area (Å²) in [6.07, 6.45) is 1.84. The van der Waals surface area contributed by atoms with E-state index < -0.39 is 17.9 Å². The number of carboxylic acid groups (broad SMARTS) is 1. The van der Waals surface area contributed by atoms with Gasteiger partial charge < -0.3 is 14.8 Å². The molecule has 0 aromatic carbocycles. The lowest BCUT2D eigenvalue weighted by atomic mass is 10.2. The third-order valence-corrected chi connectivity index (χ3v) is 3.34. The van der Waals surface area contributed by atoms with Crippen LogP contribution in [-0.4, -0.2) is 28.0 Å². The number of furan rings is 1. The molecule has 0 spiro atoms. The van der Waals surface area contributed by atoms with Crippen molar-refractivity contribution < 1.29 is 19.1 Å². The van der Waals surface area contributed by atoms with Crippen molar-refractivity contribution in [3.63, 3.8) is 0 Å². The van der Waals surface area contributed by atoms with E-state index in [1.807, 2.05) is 0 Å². The standard InChI is InChI=1S/C12H12N2O4S/c1-2-7(12(16)17)13-10(15)8-6-19-11(14-8)9-4-3-5-18-9/h3-7H,2H2,1H3,(H,13,15)(H,16,17)/t7-/m1/s1. The largest absolute Gasteiger partial charge is 0.480 e. The van der Waals surface area contributed by atoms with Crippen LogP contribution in [0.2, 0.25) is 0 Å². The molecular formula is C12H12N2O4S. The highest BCUT2D eigenvalue weighted by Crippen LogP contribution is 2.23. The van der Waals surface area contributed by atoms with Gasteiger partial charge in [-0.3, -0.25) is 4.79 Å². The topological polar surface area (TPSA) is 92.4 Å². The summed E-state index contributed by atoms with van der Waals surface area (Å²) in [6, 6.07) is 2.57. The van der Waals surface area contributed by atoms with Gasteiger partial charge in [0, 0.05) is 5.38 Å². The predicted molar refractivity (Wildman–Crippen MR) is 69.0 cm³/mol. The number of hydrogen-bond donors (Lipinski definition) is 2. The van der Waals surface area contributed by atoms with Crippen LogP contribution in [0.1, 0.15) is 23.8 Å². The molecule has 7 heteroatoms. The van der Waals surface area contributed by atoms with Crippen molar-refractivity contribution in [3.8, 4) is 10.8 Å². The molecule has 0 bridgehead atoms. The van der Waals surface area contributed by atoms with Gasteiger partial charge in [-0.15, -0.1) is 11.3 Å². The summed E-state index contributed by atoms with van der Waals surface area (Å²) in [4.78, 5) is 26.8. The van der Waals surface area contributed by atoms with E-state index in [1.165, 1.54) is 17.6 Å². The first-order valence-corrected chi connectivity index (χ1v) is 6.53. The zero-order valence-electron chi connectivity index (χ0n) is 10.1. The Kier molecular flexibility index (Phi) is 3.96. The van der Waals surface area contributed by atoms with Gasteiger partial charge in [-0.25, -0.2) is 9.78 Å². The van der Waals surface area contributed by atoms with Crippen molar-refractivity contribution in [3.05, 3.63) is 29.5 Å². The first-order chi connectivity index (χ1) is 9.11. The quantitative estimate of drug-likeness (QED) is 0.873. The third-order valence-electron chi connectivity index (χ3n) is 2.48. The molecule has 0 aliphatic heterocycles. The Morgan fingerprint density at radius 2 is 2.37 bits per heavy atom. The molecule has 2 aromatic heterocycles. The minimum absolute atomic E-state index is 0.191. The maximum Gasteiger partial charge on any atom is 0.326 e. The molecule has 0 saturated carbocycles. The summed E-state index contributed by atoms with van der Waals surface area (Å²) in [5, 5.41) is 13.4. The van der Waals surface area contributed by atoms with E-state index in [9.17, 15) is 9.59 Å². The van der Waals surface area contributed by atoms with Gasteiger partial charge >= 0.3 is 5.97 Å². The van der Waals surface area contributed by atoms with Gasteiger partial charge in [0.25, 0.3) is 5.91 Å². The summed E-state index contributed by atoms with van der Waals surface area (Å²) in [7, 11) is 0. The maximum absolute atomic E-state index is 11.8. The zero-order valence-corrected chi connectivity index (χ0v) is 10.9. The smallest absolute Gasteiger partial charge is 0.326 e. The highest BCUT2D eigenvalue weighted by molar-refractivity contribution is 7.13. The molecule has 0 aliphatic carbocycles. The minimum Gasteiger partial charge on any atom is -0.480 e. The number of rotatable bonds is 5. The Labute approximate surface area is 113 Å². The molecule has 100 valence electrons. The highest BCUT2D eigenvalue weighted by atomic mass is 32.1. The fourth-order valence-electron chi connectivity index (χ4n) is 1.46. The number of carbonyl (C=O) groups excluding carboxylic acids is 1. The molecule has 2 aromatic rings. The van der Waals surface area contributed by atoms with Crippen LogP contribution in [0.4, 0.5) is 0 Å². The fourth-order valence-corrected chi connectivity index (χ4v) is 2.23. The Morgan fingerprint density at radius 3 is 2.95 bits per heavy atom. The Balaban J connectivity index is 2.10. The third kappa shape index (κ3) is 3.00. The summed E-state index contributed by atoms with van der Waals surface area (Å²) in [5.41, 5.74) is 0.191. The molecule has 1 atom stereocenters. The molecule has 2 rings (SSSR count). The average Bonchev–Trinajstić information content (AvgIpc) is 3.04. The molecule has 0 saturated heterocycles. The summed E-state index contributed by atoms with van der Waals surface area (Å²) >= 11 is 1.27. The van der Waals surface area contributed by atoms with Crippen LogP contribution in [0.25, 0.3) is 10.8 Å². The molecule has 2 N–H and O–H groups in total. The Hall–Kier alpha value is -2.15. The van der Waals surface area contributed by atoms with Crippen molar-refractivity contribution in [1.29, 1.82) is 0 Å². The normalized spacial score (nSPS) is 12.1. The lowest BCUT2D eigenvalue weighted by Crippen LogP contribution is -2.40. The van der Waals surface area contributed by atoms with E-state index in [1.54, 1.807) is 24.4 Å². The molecular weight excluding hydrogens is 268 g/mol. The van der Waals surface area contributed by atoms with Crippen molar-refractivity contribution in [2.45, 2.75) is 19.4 Å². The number of aromatic nitrogens is 1.